The van der Waals surface area contributed by atoms with Crippen LogP contribution in [0.1, 0.15) is 0 Å². The van der Waals surface area contributed by atoms with Crippen molar-refractivity contribution in [3.8, 4) is 33.8 Å². The van der Waals surface area contributed by atoms with Crippen LogP contribution in [0.5, 0.6) is 11.5 Å². The van der Waals surface area contributed by atoms with Crippen LogP contribution in [-0.2, 0) is 0 Å². The van der Waals surface area contributed by atoms with Crippen molar-refractivity contribution in [1.29, 1.82) is 0 Å². The summed E-state index contributed by atoms with van der Waals surface area (Å²) in [5.74, 6) is 1.74. The molecule has 0 N–H and O–H groups in total. The Bertz CT molecular complexity index is 945. The molecule has 0 bridgehead atoms. The molecule has 26 heavy (non-hydrogen) atoms. The summed E-state index contributed by atoms with van der Waals surface area (Å²) in [7, 11) is 3.38. The molecule has 2 nitrogen and oxygen atoms in total. The number of fused-ring (bicyclic) bond motifs is 1. The molecular formula is C24H20O2. The molecular weight excluding hydrogens is 320 g/mol. The van der Waals surface area contributed by atoms with Gasteiger partial charge in [-0.2, -0.15) is 0 Å². The predicted molar refractivity (Wildman–Crippen MR) is 108 cm³/mol. The first kappa shape index (κ1) is 16.2. The van der Waals surface area contributed by atoms with Crippen molar-refractivity contribution in [1.82, 2.24) is 0 Å². The first-order valence-electron chi connectivity index (χ1n) is 8.61. The lowest BCUT2D eigenvalue weighted by molar-refractivity contribution is 0.415. The highest BCUT2D eigenvalue weighted by molar-refractivity contribution is 6.04. The van der Waals surface area contributed by atoms with E-state index in [9.17, 15) is 0 Å². The van der Waals surface area contributed by atoms with Gasteiger partial charge in [-0.3, -0.25) is 0 Å². The number of hydrogen-bond acceptors (Lipinski definition) is 2. The maximum absolute atomic E-state index is 5.28. The van der Waals surface area contributed by atoms with Gasteiger partial charge in [0.2, 0.25) is 0 Å². The van der Waals surface area contributed by atoms with Gasteiger partial charge in [0, 0.05) is 0 Å². The summed E-state index contributed by atoms with van der Waals surface area (Å²) in [5.41, 5.74) is 4.81. The van der Waals surface area contributed by atoms with Crippen molar-refractivity contribution >= 4 is 10.8 Å². The van der Waals surface area contributed by atoms with Gasteiger partial charge in [-0.1, -0.05) is 60.7 Å². The van der Waals surface area contributed by atoms with Crippen molar-refractivity contribution in [2.24, 2.45) is 0 Å². The highest BCUT2D eigenvalue weighted by Crippen LogP contribution is 2.35. The molecule has 0 aliphatic carbocycles. The molecule has 4 rings (SSSR count). The minimum atomic E-state index is 0.868. The second-order valence-corrected chi connectivity index (χ2v) is 6.16. The summed E-state index contributed by atoms with van der Waals surface area (Å²) >= 11 is 0. The lowest BCUT2D eigenvalue weighted by atomic mass is 9.93. The van der Waals surface area contributed by atoms with E-state index in [-0.39, 0.29) is 0 Å². The maximum atomic E-state index is 5.28. The second-order valence-electron chi connectivity index (χ2n) is 6.16. The lowest BCUT2D eigenvalue weighted by Crippen LogP contribution is -1.87. The van der Waals surface area contributed by atoms with Gasteiger partial charge < -0.3 is 9.47 Å². The van der Waals surface area contributed by atoms with Crippen LogP contribution in [-0.4, -0.2) is 14.2 Å². The zero-order chi connectivity index (χ0) is 17.9. The summed E-state index contributed by atoms with van der Waals surface area (Å²) in [6, 6.07) is 29.4. The zero-order valence-electron chi connectivity index (χ0n) is 14.9. The molecule has 4 aromatic carbocycles. The molecule has 0 aliphatic heterocycles. The van der Waals surface area contributed by atoms with Crippen LogP contribution in [0.25, 0.3) is 33.0 Å². The minimum Gasteiger partial charge on any atom is -0.497 e. The molecule has 0 fully saturated rings. The smallest absolute Gasteiger partial charge is 0.118 e. The normalized spacial score (nSPS) is 10.7. The monoisotopic (exact) mass is 340 g/mol. The quantitative estimate of drug-likeness (QED) is 0.441. The van der Waals surface area contributed by atoms with Crippen molar-refractivity contribution in [3.05, 3.63) is 84.9 Å². The fraction of sp³-hybridized carbons (Fsp3) is 0.0833. The topological polar surface area (TPSA) is 18.5 Å². The summed E-state index contributed by atoms with van der Waals surface area (Å²) < 4.78 is 10.6. The third-order valence-corrected chi connectivity index (χ3v) is 4.72. The minimum absolute atomic E-state index is 0.868. The molecule has 0 heterocycles. The Labute approximate surface area is 153 Å². The molecule has 128 valence electrons. The SMILES string of the molecule is COc1ccc(-c2cccc3c(-c4ccc(OC)cc4)cccc23)cc1. The summed E-state index contributed by atoms with van der Waals surface area (Å²) in [6.07, 6.45) is 0. The van der Waals surface area contributed by atoms with Crippen molar-refractivity contribution in [3.63, 3.8) is 0 Å². The van der Waals surface area contributed by atoms with E-state index in [1.54, 1.807) is 14.2 Å². The van der Waals surface area contributed by atoms with Gasteiger partial charge in [0.15, 0.2) is 0 Å². The molecule has 0 amide bonds. The van der Waals surface area contributed by atoms with Gasteiger partial charge in [-0.05, 0) is 57.3 Å². The highest BCUT2D eigenvalue weighted by atomic mass is 16.5. The predicted octanol–water partition coefficient (Wildman–Crippen LogP) is 6.19. The standard InChI is InChI=1S/C24H20O2/c1-25-19-13-9-17(10-14-19)21-5-3-8-24-22(6-4-7-23(21)24)18-11-15-20(26-2)16-12-18/h3-16H,1-2H3. The Morgan fingerprint density at radius 1 is 0.462 bits per heavy atom. The van der Waals surface area contributed by atoms with E-state index in [1.807, 2.05) is 24.3 Å². The molecule has 2 heteroatoms. The number of methoxy groups -OCH3 is 2. The van der Waals surface area contributed by atoms with E-state index in [0.717, 1.165) is 11.5 Å². The molecule has 4 aromatic rings. The van der Waals surface area contributed by atoms with Crippen LogP contribution in [0.15, 0.2) is 84.9 Å². The molecule has 0 aliphatic rings. The Kier molecular flexibility index (Phi) is 4.32. The Morgan fingerprint density at radius 3 is 1.19 bits per heavy atom. The summed E-state index contributed by atoms with van der Waals surface area (Å²) in [5, 5.41) is 2.48. The summed E-state index contributed by atoms with van der Waals surface area (Å²) in [4.78, 5) is 0. The number of hydrogen-bond donors (Lipinski definition) is 0. The van der Waals surface area contributed by atoms with Crippen molar-refractivity contribution < 1.29 is 9.47 Å². The van der Waals surface area contributed by atoms with E-state index in [2.05, 4.69) is 60.7 Å². The zero-order valence-corrected chi connectivity index (χ0v) is 14.9. The van der Waals surface area contributed by atoms with Crippen LogP contribution in [0, 0.1) is 0 Å². The number of rotatable bonds is 4. The molecule has 0 saturated carbocycles. The van der Waals surface area contributed by atoms with Gasteiger partial charge in [-0.25, -0.2) is 0 Å². The Morgan fingerprint density at radius 2 is 0.846 bits per heavy atom. The average molecular weight is 340 g/mol. The van der Waals surface area contributed by atoms with Crippen LogP contribution >= 0.6 is 0 Å². The number of ether oxygens (including phenoxy) is 2. The number of benzene rings is 4. The third kappa shape index (κ3) is 2.91. The molecule has 0 saturated heterocycles. The van der Waals surface area contributed by atoms with E-state index in [4.69, 9.17) is 9.47 Å². The van der Waals surface area contributed by atoms with E-state index < -0.39 is 0 Å². The fourth-order valence-electron chi connectivity index (χ4n) is 3.35. The molecule has 0 aromatic heterocycles. The Balaban J connectivity index is 1.86. The van der Waals surface area contributed by atoms with Gasteiger partial charge in [-0.15, -0.1) is 0 Å². The van der Waals surface area contributed by atoms with Gasteiger partial charge in [0.05, 0.1) is 14.2 Å². The summed E-state index contributed by atoms with van der Waals surface area (Å²) in [6.45, 7) is 0. The lowest BCUT2D eigenvalue weighted by Gasteiger charge is -2.12. The van der Waals surface area contributed by atoms with Crippen LogP contribution in [0.2, 0.25) is 0 Å². The van der Waals surface area contributed by atoms with E-state index >= 15 is 0 Å². The Hall–Kier alpha value is -3.26. The van der Waals surface area contributed by atoms with Gasteiger partial charge in [0.25, 0.3) is 0 Å². The van der Waals surface area contributed by atoms with Crippen LogP contribution in [0.3, 0.4) is 0 Å². The van der Waals surface area contributed by atoms with E-state index in [0.29, 0.717) is 0 Å². The van der Waals surface area contributed by atoms with Gasteiger partial charge in [0.1, 0.15) is 11.5 Å². The average Bonchev–Trinajstić information content (AvgIpc) is 2.73. The van der Waals surface area contributed by atoms with Crippen molar-refractivity contribution in [2.45, 2.75) is 0 Å². The second kappa shape index (κ2) is 6.93. The first-order valence-corrected chi connectivity index (χ1v) is 8.61. The van der Waals surface area contributed by atoms with Gasteiger partial charge >= 0.3 is 0 Å². The molecule has 0 atom stereocenters. The molecule has 0 spiro atoms. The van der Waals surface area contributed by atoms with Crippen molar-refractivity contribution in [2.75, 3.05) is 14.2 Å². The maximum Gasteiger partial charge on any atom is 0.118 e. The van der Waals surface area contributed by atoms with E-state index in [1.165, 1.54) is 33.0 Å². The molecule has 0 unspecified atom stereocenters. The molecule has 0 radical (unpaired) electrons. The first-order chi connectivity index (χ1) is 12.8. The highest BCUT2D eigenvalue weighted by Gasteiger charge is 2.08. The third-order valence-electron chi connectivity index (χ3n) is 4.72. The van der Waals surface area contributed by atoms with Crippen LogP contribution < -0.4 is 9.47 Å². The van der Waals surface area contributed by atoms with Crippen LogP contribution in [0.4, 0.5) is 0 Å². The fourth-order valence-corrected chi connectivity index (χ4v) is 3.35. The largest absolute Gasteiger partial charge is 0.497 e.